The Morgan fingerprint density at radius 2 is 0.524 bits per heavy atom. The Balaban J connectivity index is 0. The monoisotopic (exact) mass is 716 g/mol. The fourth-order valence-electron chi connectivity index (χ4n) is 4.53. The molecule has 0 spiro atoms. The topological polar surface area (TPSA) is 80.3 Å². The normalized spacial score (nSPS) is 12.1. The minimum atomic E-state index is -4.12. The maximum Gasteiger partial charge on any atom is 0.483 e. The van der Waals surface area contributed by atoms with E-state index >= 15 is 0 Å². The molecule has 0 rings (SSSR count). The molecule has 0 amide bonds. The predicted octanol–water partition coefficient (Wildman–Crippen LogP) is 12.7. The molecule has 42 heavy (non-hydrogen) atoms. The van der Waals surface area contributed by atoms with Crippen LogP contribution in [0.5, 0.6) is 0 Å². The minimum Gasteiger partial charge on any atom is -0.287 e. The van der Waals surface area contributed by atoms with Gasteiger partial charge in [0.05, 0.1) is 26.4 Å². The fraction of sp³-hybridized carbons (Fsp3) is 1.00. The van der Waals surface area contributed by atoms with Crippen molar-refractivity contribution >= 4 is 15.6 Å². The zero-order valence-corrected chi connectivity index (χ0v) is 32.3. The van der Waals surface area contributed by atoms with Gasteiger partial charge in [0.15, 0.2) is 0 Å². The van der Waals surface area contributed by atoms with E-state index < -0.39 is 15.6 Å². The van der Waals surface area contributed by atoms with Crippen LogP contribution in [-0.4, -0.2) is 26.4 Å². The summed E-state index contributed by atoms with van der Waals surface area (Å²) in [5.74, 6) is 0. The van der Waals surface area contributed by atoms with Crippen molar-refractivity contribution < 1.29 is 57.7 Å². The van der Waals surface area contributed by atoms with Crippen LogP contribution in [0.3, 0.4) is 0 Å². The van der Waals surface area contributed by atoms with E-state index in [9.17, 15) is 9.13 Å². The van der Waals surface area contributed by atoms with Crippen LogP contribution in [-0.2, 0) is 57.7 Å². The summed E-state index contributed by atoms with van der Waals surface area (Å²) >= 11 is 0. The molecule has 0 N–H and O–H groups in total. The number of hydrogen-bond acceptors (Lipinski definition) is 7. The largest absolute Gasteiger partial charge is 0.483 e. The summed E-state index contributed by atoms with van der Waals surface area (Å²) in [5, 5.41) is 0. The van der Waals surface area contributed by atoms with Gasteiger partial charge < -0.3 is 0 Å². The maximum atomic E-state index is 13.7. The molecule has 0 aromatic carbocycles. The molecule has 0 aromatic rings. The SMILES string of the molecule is CCCCCCCCOP(=O)(OCCCCCCCC)OP(=O)(OCCCCCCCC)OCCCCCCCC.[Zr]. The summed E-state index contributed by atoms with van der Waals surface area (Å²) in [7, 11) is -8.23. The minimum absolute atomic E-state index is 0. The molecule has 0 aliphatic heterocycles. The first-order valence-corrected chi connectivity index (χ1v) is 20.4. The van der Waals surface area contributed by atoms with E-state index in [0.29, 0.717) is 0 Å². The zero-order chi connectivity index (χ0) is 30.3. The van der Waals surface area contributed by atoms with Crippen molar-refractivity contribution in [3.63, 3.8) is 0 Å². The number of hydrogen-bond donors (Lipinski definition) is 0. The van der Waals surface area contributed by atoms with E-state index in [-0.39, 0.29) is 52.6 Å². The summed E-state index contributed by atoms with van der Waals surface area (Å²) < 4.78 is 55.9. The van der Waals surface area contributed by atoms with Crippen molar-refractivity contribution in [1.82, 2.24) is 0 Å². The first-order valence-electron chi connectivity index (χ1n) is 17.4. The maximum absolute atomic E-state index is 13.7. The average Bonchev–Trinajstić information content (AvgIpc) is 2.95. The zero-order valence-electron chi connectivity index (χ0n) is 28.1. The molecule has 0 saturated heterocycles. The molecule has 7 nitrogen and oxygen atoms in total. The van der Waals surface area contributed by atoms with Crippen molar-refractivity contribution in [2.45, 2.75) is 182 Å². The second-order valence-corrected chi connectivity index (χ2v) is 14.9. The van der Waals surface area contributed by atoms with E-state index in [0.717, 1.165) is 77.0 Å². The van der Waals surface area contributed by atoms with Crippen LogP contribution in [0.25, 0.3) is 0 Å². The standard InChI is InChI=1S/C32H68O7P2.Zr/c1-5-9-13-17-21-25-29-35-40(33,36-30-26-22-18-14-10-6-2)39-41(34,37-31-27-23-19-15-11-7-3)38-32-28-24-20-16-12-8-4;/h5-32H2,1-4H3;. The Morgan fingerprint density at radius 3 is 0.738 bits per heavy atom. The van der Waals surface area contributed by atoms with Gasteiger partial charge in [-0.15, -0.1) is 0 Å². The quantitative estimate of drug-likeness (QED) is 0.0484. The molecule has 0 unspecified atom stereocenters. The van der Waals surface area contributed by atoms with E-state index in [1.165, 1.54) is 77.0 Å². The number of phosphoric ester groups is 2. The van der Waals surface area contributed by atoms with Crippen LogP contribution in [0.2, 0.25) is 0 Å². The number of rotatable bonds is 34. The van der Waals surface area contributed by atoms with E-state index in [1.807, 2.05) is 0 Å². The summed E-state index contributed by atoms with van der Waals surface area (Å²) in [6.45, 7) is 9.70. The summed E-state index contributed by atoms with van der Waals surface area (Å²) in [6.07, 6.45) is 25.8. The van der Waals surface area contributed by atoms with E-state index in [1.54, 1.807) is 0 Å². The van der Waals surface area contributed by atoms with Crippen LogP contribution in [0, 0.1) is 0 Å². The third-order valence-electron chi connectivity index (χ3n) is 7.19. The van der Waals surface area contributed by atoms with Crippen molar-refractivity contribution in [2.75, 3.05) is 26.4 Å². The smallest absolute Gasteiger partial charge is 0.287 e. The van der Waals surface area contributed by atoms with Gasteiger partial charge >= 0.3 is 15.6 Å². The van der Waals surface area contributed by atoms with Gasteiger partial charge in [-0.05, 0) is 25.7 Å². The van der Waals surface area contributed by atoms with Gasteiger partial charge in [-0.2, -0.15) is 4.31 Å². The van der Waals surface area contributed by atoms with Crippen LogP contribution in [0.1, 0.15) is 182 Å². The van der Waals surface area contributed by atoms with E-state index in [2.05, 4.69) is 27.7 Å². The Kier molecular flexibility index (Phi) is 36.1. The summed E-state index contributed by atoms with van der Waals surface area (Å²) in [5.41, 5.74) is 0. The van der Waals surface area contributed by atoms with Gasteiger partial charge in [0.25, 0.3) is 0 Å². The second kappa shape index (κ2) is 33.5. The first kappa shape index (κ1) is 45.3. The molecule has 0 atom stereocenters. The molecule has 0 bridgehead atoms. The molecule has 0 fully saturated rings. The molecule has 0 radical (unpaired) electrons. The molecular weight excluding hydrogens is 650 g/mol. The van der Waals surface area contributed by atoms with Crippen LogP contribution in [0.15, 0.2) is 0 Å². The van der Waals surface area contributed by atoms with Crippen molar-refractivity contribution in [2.24, 2.45) is 0 Å². The average molecular weight is 718 g/mol. The van der Waals surface area contributed by atoms with Crippen molar-refractivity contribution in [1.29, 1.82) is 0 Å². The van der Waals surface area contributed by atoms with Gasteiger partial charge in [0.2, 0.25) is 0 Å². The molecule has 0 heterocycles. The van der Waals surface area contributed by atoms with Crippen molar-refractivity contribution in [3.05, 3.63) is 0 Å². The van der Waals surface area contributed by atoms with E-state index in [4.69, 9.17) is 22.4 Å². The Labute approximate surface area is 280 Å². The second-order valence-electron chi connectivity index (χ2n) is 11.4. The third-order valence-corrected chi connectivity index (χ3v) is 10.8. The summed E-state index contributed by atoms with van der Waals surface area (Å²) in [4.78, 5) is 0. The molecular formula is C32H68O7P2Zr. The van der Waals surface area contributed by atoms with Crippen LogP contribution < -0.4 is 0 Å². The Morgan fingerprint density at radius 1 is 0.333 bits per heavy atom. The number of phosphoric acid groups is 2. The van der Waals surface area contributed by atoms with Gasteiger partial charge in [-0.3, -0.25) is 18.1 Å². The van der Waals surface area contributed by atoms with Crippen molar-refractivity contribution in [3.8, 4) is 0 Å². The molecule has 0 aliphatic carbocycles. The number of unbranched alkanes of at least 4 members (excludes halogenated alkanes) is 20. The van der Waals surface area contributed by atoms with Gasteiger partial charge in [0, 0.05) is 26.2 Å². The fourth-order valence-corrected chi connectivity index (χ4v) is 7.82. The van der Waals surface area contributed by atoms with Gasteiger partial charge in [-0.25, -0.2) is 9.13 Å². The molecule has 0 aliphatic rings. The van der Waals surface area contributed by atoms with Crippen LogP contribution >= 0.6 is 15.6 Å². The molecule has 252 valence electrons. The first-order chi connectivity index (χ1) is 19.9. The molecule has 10 heteroatoms. The van der Waals surface area contributed by atoms with Gasteiger partial charge in [-0.1, -0.05) is 156 Å². The Hall–Kier alpha value is 1.14. The van der Waals surface area contributed by atoms with Gasteiger partial charge in [0.1, 0.15) is 0 Å². The molecule has 0 aromatic heterocycles. The third kappa shape index (κ3) is 29.8. The molecule has 0 saturated carbocycles. The predicted molar refractivity (Wildman–Crippen MR) is 174 cm³/mol. The Bertz CT molecular complexity index is 544. The summed E-state index contributed by atoms with van der Waals surface area (Å²) in [6, 6.07) is 0. The van der Waals surface area contributed by atoms with Crippen LogP contribution in [0.4, 0.5) is 0 Å².